The smallest absolute Gasteiger partial charge is 0.269 e. The monoisotopic (exact) mass is 394 g/mol. The number of carbonyl (C=O) groups is 2. The summed E-state index contributed by atoms with van der Waals surface area (Å²) in [6.45, 7) is 1.97. The number of aryl methyl sites for hydroxylation is 1. The number of amides is 1. The van der Waals surface area contributed by atoms with Crippen LogP contribution >= 0.6 is 0 Å². The summed E-state index contributed by atoms with van der Waals surface area (Å²) in [5.41, 5.74) is 3.22. The maximum atomic E-state index is 12.7. The van der Waals surface area contributed by atoms with E-state index in [1.807, 2.05) is 31.2 Å². The summed E-state index contributed by atoms with van der Waals surface area (Å²) in [6, 6.07) is 13.4. The molecule has 0 bridgehead atoms. The van der Waals surface area contributed by atoms with E-state index in [2.05, 4.69) is 5.10 Å². The normalized spacial score (nSPS) is 15.8. The standard InChI is InChI=1S/C21H21N3O5/c1-14-8-10-15(11-9-14)18-13-19(16-4-2-5-17(12-16)24(28)29)23(22-18)20(25)6-3-7-21(26)27/h2,4-5,8-12,19H,3,6-7,13H2,1H3,(H,26,27)/p-1/t19-/m1/s1. The van der Waals surface area contributed by atoms with Gasteiger partial charge in [0.1, 0.15) is 0 Å². The van der Waals surface area contributed by atoms with Crippen molar-refractivity contribution in [3.05, 3.63) is 75.3 Å². The van der Waals surface area contributed by atoms with Crippen molar-refractivity contribution in [2.24, 2.45) is 5.10 Å². The lowest BCUT2D eigenvalue weighted by molar-refractivity contribution is -0.385. The largest absolute Gasteiger partial charge is 0.550 e. The second-order valence-electron chi connectivity index (χ2n) is 6.95. The van der Waals surface area contributed by atoms with Gasteiger partial charge in [0.05, 0.1) is 16.7 Å². The lowest BCUT2D eigenvalue weighted by Gasteiger charge is -2.22. The van der Waals surface area contributed by atoms with Crippen molar-refractivity contribution in [2.45, 2.75) is 38.6 Å². The first-order chi connectivity index (χ1) is 13.8. The highest BCUT2D eigenvalue weighted by Crippen LogP contribution is 2.34. The van der Waals surface area contributed by atoms with E-state index in [1.54, 1.807) is 12.1 Å². The molecule has 0 unspecified atom stereocenters. The number of rotatable bonds is 7. The van der Waals surface area contributed by atoms with Gasteiger partial charge in [0.15, 0.2) is 0 Å². The summed E-state index contributed by atoms with van der Waals surface area (Å²) in [5.74, 6) is -1.54. The Balaban J connectivity index is 1.90. The number of non-ortho nitro benzene ring substituents is 1. The molecule has 29 heavy (non-hydrogen) atoms. The van der Waals surface area contributed by atoms with Crippen LogP contribution in [0.4, 0.5) is 5.69 Å². The van der Waals surface area contributed by atoms with Gasteiger partial charge in [0.25, 0.3) is 5.69 Å². The number of carbonyl (C=O) groups excluding carboxylic acids is 2. The van der Waals surface area contributed by atoms with E-state index in [1.165, 1.54) is 17.1 Å². The number of aliphatic carboxylic acids is 1. The lowest BCUT2D eigenvalue weighted by Crippen LogP contribution is -2.28. The van der Waals surface area contributed by atoms with Gasteiger partial charge in [-0.1, -0.05) is 42.0 Å². The van der Waals surface area contributed by atoms with E-state index in [0.29, 0.717) is 17.7 Å². The summed E-state index contributed by atoms with van der Waals surface area (Å²) in [4.78, 5) is 34.0. The molecule has 1 heterocycles. The second kappa shape index (κ2) is 8.64. The molecule has 0 radical (unpaired) electrons. The fraction of sp³-hybridized carbons (Fsp3) is 0.286. The fourth-order valence-corrected chi connectivity index (χ4v) is 3.26. The predicted octanol–water partition coefficient (Wildman–Crippen LogP) is 2.50. The number of hydrogen-bond acceptors (Lipinski definition) is 6. The molecular weight excluding hydrogens is 374 g/mol. The molecule has 8 heteroatoms. The van der Waals surface area contributed by atoms with Gasteiger partial charge in [-0.3, -0.25) is 14.9 Å². The van der Waals surface area contributed by atoms with Crippen molar-refractivity contribution < 1.29 is 19.6 Å². The number of nitro benzene ring substituents is 1. The minimum Gasteiger partial charge on any atom is -0.550 e. The molecule has 0 N–H and O–H groups in total. The maximum absolute atomic E-state index is 12.7. The molecule has 2 aromatic carbocycles. The summed E-state index contributed by atoms with van der Waals surface area (Å²) < 4.78 is 0. The first-order valence-electron chi connectivity index (χ1n) is 9.26. The van der Waals surface area contributed by atoms with E-state index >= 15 is 0 Å². The van der Waals surface area contributed by atoms with Crippen LogP contribution in [-0.2, 0) is 9.59 Å². The molecule has 150 valence electrons. The molecule has 0 saturated heterocycles. The minimum atomic E-state index is -1.21. The van der Waals surface area contributed by atoms with E-state index in [-0.39, 0.29) is 30.9 Å². The van der Waals surface area contributed by atoms with E-state index in [4.69, 9.17) is 0 Å². The predicted molar refractivity (Wildman–Crippen MR) is 104 cm³/mol. The minimum absolute atomic E-state index is 0.00405. The highest BCUT2D eigenvalue weighted by atomic mass is 16.6. The van der Waals surface area contributed by atoms with Crippen molar-refractivity contribution in [3.63, 3.8) is 0 Å². The van der Waals surface area contributed by atoms with Crippen LogP contribution in [0.25, 0.3) is 0 Å². The van der Waals surface area contributed by atoms with Crippen molar-refractivity contribution in [2.75, 3.05) is 0 Å². The molecule has 1 amide bonds. The Kier molecular flexibility index (Phi) is 6.01. The average molecular weight is 394 g/mol. The van der Waals surface area contributed by atoms with Gasteiger partial charge in [-0.15, -0.1) is 0 Å². The van der Waals surface area contributed by atoms with Crippen LogP contribution in [0.15, 0.2) is 53.6 Å². The molecule has 0 fully saturated rings. The molecule has 1 atom stereocenters. The summed E-state index contributed by atoms with van der Waals surface area (Å²) in [5, 5.41) is 27.6. The van der Waals surface area contributed by atoms with Gasteiger partial charge in [0.2, 0.25) is 5.91 Å². The third kappa shape index (κ3) is 4.84. The lowest BCUT2D eigenvalue weighted by atomic mass is 9.97. The van der Waals surface area contributed by atoms with Crippen molar-refractivity contribution in [1.29, 1.82) is 0 Å². The number of carboxylic acids is 1. The van der Waals surface area contributed by atoms with Crippen LogP contribution in [0.3, 0.4) is 0 Å². The summed E-state index contributed by atoms with van der Waals surface area (Å²) in [7, 11) is 0. The Morgan fingerprint density at radius 1 is 1.17 bits per heavy atom. The van der Waals surface area contributed by atoms with E-state index in [0.717, 1.165) is 11.1 Å². The summed E-state index contributed by atoms with van der Waals surface area (Å²) in [6.07, 6.45) is 0.352. The highest BCUT2D eigenvalue weighted by Gasteiger charge is 2.33. The number of carboxylic acid groups (broad SMARTS) is 1. The van der Waals surface area contributed by atoms with Gasteiger partial charge in [-0.2, -0.15) is 5.10 Å². The Bertz CT molecular complexity index is 969. The SMILES string of the molecule is Cc1ccc(C2=NN(C(=O)CCCC(=O)[O-])[C@@H](c3cccc([N+](=O)[O-])c3)C2)cc1. The Labute approximate surface area is 167 Å². The van der Waals surface area contributed by atoms with Crippen LogP contribution in [0.5, 0.6) is 0 Å². The molecular formula is C21H20N3O5-. The zero-order valence-electron chi connectivity index (χ0n) is 15.9. The first-order valence-corrected chi connectivity index (χ1v) is 9.26. The van der Waals surface area contributed by atoms with Gasteiger partial charge < -0.3 is 9.90 Å². The Morgan fingerprint density at radius 3 is 2.55 bits per heavy atom. The zero-order valence-corrected chi connectivity index (χ0v) is 15.9. The third-order valence-electron chi connectivity index (χ3n) is 4.79. The van der Waals surface area contributed by atoms with Crippen LogP contribution in [-0.4, -0.2) is 27.5 Å². The fourth-order valence-electron chi connectivity index (χ4n) is 3.26. The van der Waals surface area contributed by atoms with Crippen LogP contribution in [0, 0.1) is 17.0 Å². The van der Waals surface area contributed by atoms with E-state index < -0.39 is 16.9 Å². The van der Waals surface area contributed by atoms with Gasteiger partial charge in [0, 0.05) is 30.9 Å². The van der Waals surface area contributed by atoms with E-state index in [9.17, 15) is 24.8 Å². The summed E-state index contributed by atoms with van der Waals surface area (Å²) >= 11 is 0. The number of hydrazone groups is 1. The quantitative estimate of drug-likeness (QED) is 0.528. The molecule has 0 spiro atoms. The second-order valence-corrected chi connectivity index (χ2v) is 6.95. The van der Waals surface area contributed by atoms with Crippen LogP contribution < -0.4 is 5.11 Å². The topological polar surface area (TPSA) is 116 Å². The number of benzene rings is 2. The maximum Gasteiger partial charge on any atom is 0.269 e. The Morgan fingerprint density at radius 2 is 1.90 bits per heavy atom. The average Bonchev–Trinajstić information content (AvgIpc) is 3.14. The van der Waals surface area contributed by atoms with Crippen molar-refractivity contribution >= 4 is 23.3 Å². The van der Waals surface area contributed by atoms with Crippen molar-refractivity contribution in [3.8, 4) is 0 Å². The van der Waals surface area contributed by atoms with Gasteiger partial charge in [-0.25, -0.2) is 5.01 Å². The number of nitro groups is 1. The molecule has 0 aliphatic carbocycles. The highest BCUT2D eigenvalue weighted by molar-refractivity contribution is 6.03. The van der Waals surface area contributed by atoms with Gasteiger partial charge >= 0.3 is 0 Å². The number of nitrogens with zero attached hydrogens (tertiary/aromatic N) is 3. The molecule has 8 nitrogen and oxygen atoms in total. The molecule has 3 rings (SSSR count). The first kappa shape index (κ1) is 20.2. The van der Waals surface area contributed by atoms with Crippen LogP contribution in [0.1, 0.15) is 48.4 Å². The Hall–Kier alpha value is -3.55. The number of hydrogen-bond donors (Lipinski definition) is 0. The molecule has 2 aromatic rings. The molecule has 0 aromatic heterocycles. The molecule has 0 saturated carbocycles. The zero-order chi connectivity index (χ0) is 21.0. The van der Waals surface area contributed by atoms with Gasteiger partial charge in [-0.05, 0) is 30.9 Å². The molecule has 1 aliphatic rings. The van der Waals surface area contributed by atoms with Crippen molar-refractivity contribution in [1.82, 2.24) is 5.01 Å². The molecule has 1 aliphatic heterocycles. The third-order valence-corrected chi connectivity index (χ3v) is 4.79. The van der Waals surface area contributed by atoms with Crippen LogP contribution in [0.2, 0.25) is 0 Å².